The van der Waals surface area contributed by atoms with Crippen molar-refractivity contribution in [3.05, 3.63) is 35.6 Å². The molecular formula is C20H25FN2O3. The van der Waals surface area contributed by atoms with Crippen LogP contribution in [-0.2, 0) is 14.3 Å². The summed E-state index contributed by atoms with van der Waals surface area (Å²) in [6.07, 6.45) is 2.34. The van der Waals surface area contributed by atoms with Crippen molar-refractivity contribution >= 4 is 11.8 Å². The molecule has 5 nitrogen and oxygen atoms in total. The molecule has 1 aromatic carbocycles. The molecule has 140 valence electrons. The SMILES string of the molecule is O=C(C1CCN(C(=O)C2CC2c2ccc(F)cc2)CC1)N1CCOCC1. The van der Waals surface area contributed by atoms with Crippen LogP contribution in [0.2, 0.25) is 0 Å². The van der Waals surface area contributed by atoms with Crippen LogP contribution in [0.1, 0.15) is 30.7 Å². The van der Waals surface area contributed by atoms with E-state index in [1.165, 1.54) is 12.1 Å². The average molecular weight is 360 g/mol. The van der Waals surface area contributed by atoms with Crippen molar-refractivity contribution in [2.75, 3.05) is 39.4 Å². The molecule has 2 atom stereocenters. The van der Waals surface area contributed by atoms with Gasteiger partial charge in [0.25, 0.3) is 0 Å². The van der Waals surface area contributed by atoms with Crippen molar-refractivity contribution in [3.8, 4) is 0 Å². The van der Waals surface area contributed by atoms with E-state index in [0.717, 1.165) is 24.8 Å². The number of carbonyl (C=O) groups is 2. The molecular weight excluding hydrogens is 335 g/mol. The second kappa shape index (κ2) is 7.35. The number of morpholine rings is 1. The van der Waals surface area contributed by atoms with Gasteiger partial charge < -0.3 is 14.5 Å². The predicted molar refractivity (Wildman–Crippen MR) is 94.0 cm³/mol. The van der Waals surface area contributed by atoms with Crippen LogP contribution in [0.15, 0.2) is 24.3 Å². The first-order valence-corrected chi connectivity index (χ1v) is 9.54. The van der Waals surface area contributed by atoms with Gasteiger partial charge in [-0.05, 0) is 42.9 Å². The van der Waals surface area contributed by atoms with Gasteiger partial charge in [0, 0.05) is 38.0 Å². The molecule has 0 aromatic heterocycles. The molecule has 0 N–H and O–H groups in total. The summed E-state index contributed by atoms with van der Waals surface area (Å²) in [5.74, 6) is 0.434. The van der Waals surface area contributed by atoms with Crippen molar-refractivity contribution in [1.82, 2.24) is 9.80 Å². The number of halogens is 1. The molecule has 1 aromatic rings. The molecule has 1 aliphatic carbocycles. The maximum atomic E-state index is 13.0. The zero-order valence-corrected chi connectivity index (χ0v) is 14.9. The smallest absolute Gasteiger partial charge is 0.226 e. The lowest BCUT2D eigenvalue weighted by atomic mass is 9.94. The molecule has 0 spiro atoms. The Morgan fingerprint density at radius 1 is 0.923 bits per heavy atom. The Bertz CT molecular complexity index is 664. The second-order valence-corrected chi connectivity index (χ2v) is 7.54. The van der Waals surface area contributed by atoms with Crippen LogP contribution in [0.5, 0.6) is 0 Å². The molecule has 0 radical (unpaired) electrons. The number of piperidine rings is 1. The zero-order valence-electron chi connectivity index (χ0n) is 14.9. The number of ether oxygens (including phenoxy) is 1. The van der Waals surface area contributed by atoms with Gasteiger partial charge in [-0.25, -0.2) is 4.39 Å². The highest BCUT2D eigenvalue weighted by Gasteiger charge is 2.46. The van der Waals surface area contributed by atoms with Gasteiger partial charge in [0.15, 0.2) is 0 Å². The summed E-state index contributed by atoms with van der Waals surface area (Å²) in [6, 6.07) is 6.47. The summed E-state index contributed by atoms with van der Waals surface area (Å²) in [4.78, 5) is 29.1. The quantitative estimate of drug-likeness (QED) is 0.829. The third-order valence-electron chi connectivity index (χ3n) is 5.88. The van der Waals surface area contributed by atoms with E-state index < -0.39 is 0 Å². The third-order valence-corrected chi connectivity index (χ3v) is 5.88. The van der Waals surface area contributed by atoms with E-state index in [9.17, 15) is 14.0 Å². The first-order valence-electron chi connectivity index (χ1n) is 9.54. The summed E-state index contributed by atoms with van der Waals surface area (Å²) in [5, 5.41) is 0. The minimum Gasteiger partial charge on any atom is -0.378 e. The van der Waals surface area contributed by atoms with Crippen LogP contribution in [-0.4, -0.2) is 61.0 Å². The van der Waals surface area contributed by atoms with E-state index >= 15 is 0 Å². The zero-order chi connectivity index (χ0) is 18.1. The fourth-order valence-electron chi connectivity index (χ4n) is 4.17. The van der Waals surface area contributed by atoms with Crippen LogP contribution in [0.25, 0.3) is 0 Å². The maximum absolute atomic E-state index is 13.0. The Labute approximate surface area is 153 Å². The van der Waals surface area contributed by atoms with Crippen LogP contribution >= 0.6 is 0 Å². The maximum Gasteiger partial charge on any atom is 0.226 e. The molecule has 2 unspecified atom stereocenters. The van der Waals surface area contributed by atoms with Crippen LogP contribution in [0, 0.1) is 17.7 Å². The lowest BCUT2D eigenvalue weighted by molar-refractivity contribution is -0.144. The van der Waals surface area contributed by atoms with Crippen molar-refractivity contribution in [2.24, 2.45) is 11.8 Å². The molecule has 6 heteroatoms. The number of likely N-dealkylation sites (tertiary alicyclic amines) is 1. The van der Waals surface area contributed by atoms with Gasteiger partial charge >= 0.3 is 0 Å². The standard InChI is InChI=1S/C20H25FN2O3/c21-16-3-1-14(2-4-16)17-13-18(17)20(25)22-7-5-15(6-8-22)19(24)23-9-11-26-12-10-23/h1-4,15,17-18H,5-13H2. The van der Waals surface area contributed by atoms with Gasteiger partial charge in [0.05, 0.1) is 13.2 Å². The Morgan fingerprint density at radius 2 is 1.54 bits per heavy atom. The van der Waals surface area contributed by atoms with Crippen LogP contribution < -0.4 is 0 Å². The molecule has 1 saturated carbocycles. The monoisotopic (exact) mass is 360 g/mol. The lowest BCUT2D eigenvalue weighted by Gasteiger charge is -2.35. The average Bonchev–Trinajstić information content (AvgIpc) is 3.49. The van der Waals surface area contributed by atoms with E-state index in [4.69, 9.17) is 4.74 Å². The normalized spacial score (nSPS) is 26.7. The lowest BCUT2D eigenvalue weighted by Crippen LogP contribution is -2.47. The van der Waals surface area contributed by atoms with Gasteiger partial charge in [0.2, 0.25) is 11.8 Å². The molecule has 3 aliphatic rings. The Morgan fingerprint density at radius 3 is 2.19 bits per heavy atom. The largest absolute Gasteiger partial charge is 0.378 e. The van der Waals surface area contributed by atoms with Gasteiger partial charge in [-0.15, -0.1) is 0 Å². The van der Waals surface area contributed by atoms with E-state index in [1.807, 2.05) is 9.80 Å². The van der Waals surface area contributed by atoms with Crippen LogP contribution in [0.3, 0.4) is 0 Å². The van der Waals surface area contributed by atoms with Crippen molar-refractivity contribution in [1.29, 1.82) is 0 Å². The van der Waals surface area contributed by atoms with Crippen molar-refractivity contribution < 1.29 is 18.7 Å². The highest BCUT2D eigenvalue weighted by molar-refractivity contribution is 5.84. The number of nitrogens with zero attached hydrogens (tertiary/aromatic N) is 2. The molecule has 0 bridgehead atoms. The molecule has 2 heterocycles. The number of carbonyl (C=O) groups excluding carboxylic acids is 2. The molecule has 4 rings (SSSR count). The molecule has 26 heavy (non-hydrogen) atoms. The Hall–Kier alpha value is -1.95. The topological polar surface area (TPSA) is 49.9 Å². The number of hydrogen-bond donors (Lipinski definition) is 0. The number of benzene rings is 1. The minimum absolute atomic E-state index is 0.0203. The first kappa shape index (κ1) is 17.5. The summed E-state index contributed by atoms with van der Waals surface area (Å²) in [7, 11) is 0. The molecule has 2 saturated heterocycles. The second-order valence-electron chi connectivity index (χ2n) is 7.54. The fraction of sp³-hybridized carbons (Fsp3) is 0.600. The van der Waals surface area contributed by atoms with Gasteiger partial charge in [-0.1, -0.05) is 12.1 Å². The fourth-order valence-corrected chi connectivity index (χ4v) is 4.17. The molecule has 3 fully saturated rings. The van der Waals surface area contributed by atoms with Gasteiger partial charge in [-0.2, -0.15) is 0 Å². The van der Waals surface area contributed by atoms with Gasteiger partial charge in [-0.3, -0.25) is 9.59 Å². The number of hydrogen-bond acceptors (Lipinski definition) is 3. The van der Waals surface area contributed by atoms with Crippen molar-refractivity contribution in [2.45, 2.75) is 25.2 Å². The van der Waals surface area contributed by atoms with E-state index in [-0.39, 0.29) is 35.4 Å². The van der Waals surface area contributed by atoms with E-state index in [0.29, 0.717) is 39.4 Å². The Kier molecular flexibility index (Phi) is 4.94. The molecule has 2 aliphatic heterocycles. The summed E-state index contributed by atoms with van der Waals surface area (Å²) >= 11 is 0. The van der Waals surface area contributed by atoms with E-state index in [1.54, 1.807) is 12.1 Å². The minimum atomic E-state index is -0.246. The summed E-state index contributed by atoms with van der Waals surface area (Å²) in [6.45, 7) is 3.92. The summed E-state index contributed by atoms with van der Waals surface area (Å²) < 4.78 is 18.3. The number of rotatable bonds is 3. The predicted octanol–water partition coefficient (Wildman–Crippen LogP) is 2.03. The highest BCUT2D eigenvalue weighted by Crippen LogP contribution is 2.48. The number of amides is 2. The van der Waals surface area contributed by atoms with E-state index in [2.05, 4.69) is 0 Å². The van der Waals surface area contributed by atoms with Crippen molar-refractivity contribution in [3.63, 3.8) is 0 Å². The highest BCUT2D eigenvalue weighted by atomic mass is 19.1. The Balaban J connectivity index is 1.27. The third kappa shape index (κ3) is 3.61. The first-order chi connectivity index (χ1) is 12.6. The van der Waals surface area contributed by atoms with Crippen LogP contribution in [0.4, 0.5) is 4.39 Å². The molecule has 2 amide bonds. The summed E-state index contributed by atoms with van der Waals surface area (Å²) in [5.41, 5.74) is 1.04. The van der Waals surface area contributed by atoms with Gasteiger partial charge in [0.1, 0.15) is 5.82 Å².